The number of carbonyl (C=O) groups is 1. The van der Waals surface area contributed by atoms with Gasteiger partial charge in [-0.1, -0.05) is 0 Å². The first-order chi connectivity index (χ1) is 7.33. The lowest BCUT2D eigenvalue weighted by Crippen LogP contribution is -2.49. The molecule has 6 nitrogen and oxygen atoms in total. The van der Waals surface area contributed by atoms with E-state index in [1.54, 1.807) is 13.8 Å². The van der Waals surface area contributed by atoms with E-state index in [-0.39, 0.29) is 12.6 Å². The molecule has 0 aromatic carbocycles. The van der Waals surface area contributed by atoms with Crippen molar-refractivity contribution in [2.75, 3.05) is 13.1 Å². The van der Waals surface area contributed by atoms with Crippen LogP contribution in [0.15, 0.2) is 0 Å². The average molecular weight is 250 g/mol. The first-order valence-electron chi connectivity index (χ1n) is 5.33. The van der Waals surface area contributed by atoms with Crippen LogP contribution in [0.25, 0.3) is 0 Å². The molecular formula is C9H18N2O4S. The highest BCUT2D eigenvalue weighted by atomic mass is 32.2. The summed E-state index contributed by atoms with van der Waals surface area (Å²) in [6.07, 6.45) is 1.14. The quantitative estimate of drug-likeness (QED) is 0.736. The van der Waals surface area contributed by atoms with E-state index in [0.717, 1.165) is 0 Å². The second-order valence-corrected chi connectivity index (χ2v) is 6.02. The molecule has 1 atom stereocenters. The number of nitrogens with zero attached hydrogens (tertiary/aromatic N) is 1. The van der Waals surface area contributed by atoms with E-state index < -0.39 is 22.1 Å². The van der Waals surface area contributed by atoms with Crippen molar-refractivity contribution >= 4 is 16.2 Å². The van der Waals surface area contributed by atoms with Crippen LogP contribution in [0, 0.1) is 5.92 Å². The zero-order valence-corrected chi connectivity index (χ0v) is 10.3. The minimum Gasteiger partial charge on any atom is -0.481 e. The van der Waals surface area contributed by atoms with Gasteiger partial charge in [-0.15, -0.1) is 0 Å². The summed E-state index contributed by atoms with van der Waals surface area (Å²) in [7, 11) is -3.53. The molecule has 0 amide bonds. The molecule has 0 unspecified atom stereocenters. The maximum absolute atomic E-state index is 11.8. The summed E-state index contributed by atoms with van der Waals surface area (Å²) in [5, 5.41) is 8.86. The van der Waals surface area contributed by atoms with Crippen LogP contribution in [-0.2, 0) is 15.0 Å². The van der Waals surface area contributed by atoms with Crippen LogP contribution in [0.2, 0.25) is 0 Å². The molecule has 1 fully saturated rings. The lowest BCUT2D eigenvalue weighted by atomic mass is 10.0. The third kappa shape index (κ3) is 3.43. The van der Waals surface area contributed by atoms with Gasteiger partial charge in [0.25, 0.3) is 10.2 Å². The number of nitrogens with one attached hydrogen (secondary N) is 1. The summed E-state index contributed by atoms with van der Waals surface area (Å²) < 4.78 is 27.2. The molecular weight excluding hydrogens is 232 g/mol. The van der Waals surface area contributed by atoms with Gasteiger partial charge in [0, 0.05) is 19.1 Å². The van der Waals surface area contributed by atoms with Crippen molar-refractivity contribution in [1.82, 2.24) is 9.03 Å². The van der Waals surface area contributed by atoms with Crippen molar-refractivity contribution in [2.45, 2.75) is 32.7 Å². The minimum atomic E-state index is -3.53. The molecule has 0 saturated carbocycles. The second kappa shape index (κ2) is 5.11. The standard InChI is InChI=1S/C9H18N2O4S/c1-7(2)10-16(14,15)11-5-3-4-8(6-11)9(12)13/h7-8,10H,3-6H2,1-2H3,(H,12,13)/t8-/m1/s1. The molecule has 1 heterocycles. The van der Waals surface area contributed by atoms with Crippen molar-refractivity contribution < 1.29 is 18.3 Å². The van der Waals surface area contributed by atoms with Crippen molar-refractivity contribution in [3.63, 3.8) is 0 Å². The van der Waals surface area contributed by atoms with Crippen LogP contribution in [0.5, 0.6) is 0 Å². The van der Waals surface area contributed by atoms with Gasteiger partial charge in [0.1, 0.15) is 0 Å². The van der Waals surface area contributed by atoms with Crippen molar-refractivity contribution in [1.29, 1.82) is 0 Å². The Balaban J connectivity index is 2.70. The van der Waals surface area contributed by atoms with E-state index in [9.17, 15) is 13.2 Å². The van der Waals surface area contributed by atoms with E-state index in [2.05, 4.69) is 4.72 Å². The highest BCUT2D eigenvalue weighted by Gasteiger charge is 2.32. The smallest absolute Gasteiger partial charge is 0.307 e. The van der Waals surface area contributed by atoms with Crippen LogP contribution in [0.1, 0.15) is 26.7 Å². The maximum atomic E-state index is 11.8. The molecule has 7 heteroatoms. The molecule has 0 bridgehead atoms. The second-order valence-electron chi connectivity index (χ2n) is 4.31. The average Bonchev–Trinajstić information content (AvgIpc) is 2.16. The zero-order valence-electron chi connectivity index (χ0n) is 9.51. The molecule has 1 saturated heterocycles. The molecule has 1 aliphatic heterocycles. The molecule has 1 aliphatic rings. The molecule has 94 valence electrons. The van der Waals surface area contributed by atoms with Crippen LogP contribution in [0.3, 0.4) is 0 Å². The molecule has 0 radical (unpaired) electrons. The largest absolute Gasteiger partial charge is 0.481 e. The summed E-state index contributed by atoms with van der Waals surface area (Å²) >= 11 is 0. The number of carboxylic acid groups (broad SMARTS) is 1. The first kappa shape index (κ1) is 13.4. The minimum absolute atomic E-state index is 0.0669. The van der Waals surface area contributed by atoms with Crippen molar-refractivity contribution in [3.8, 4) is 0 Å². The van der Waals surface area contributed by atoms with Gasteiger partial charge in [-0.3, -0.25) is 4.79 Å². The lowest BCUT2D eigenvalue weighted by Gasteiger charge is -2.30. The highest BCUT2D eigenvalue weighted by molar-refractivity contribution is 7.87. The molecule has 0 spiro atoms. The Morgan fingerprint density at radius 2 is 2.12 bits per heavy atom. The molecule has 0 aromatic rings. The number of hydrogen-bond donors (Lipinski definition) is 2. The maximum Gasteiger partial charge on any atom is 0.307 e. The Morgan fingerprint density at radius 3 is 2.62 bits per heavy atom. The third-order valence-corrected chi connectivity index (χ3v) is 4.24. The predicted octanol–water partition coefficient (Wildman–Crippen LogP) is 0.0258. The summed E-state index contributed by atoms with van der Waals surface area (Å²) in [4.78, 5) is 10.8. The summed E-state index contributed by atoms with van der Waals surface area (Å²) in [6.45, 7) is 3.93. The summed E-state index contributed by atoms with van der Waals surface area (Å²) in [6, 6.07) is -0.185. The predicted molar refractivity (Wildman–Crippen MR) is 59.1 cm³/mol. The van der Waals surface area contributed by atoms with Gasteiger partial charge in [-0.25, -0.2) is 0 Å². The van der Waals surface area contributed by atoms with E-state index in [1.165, 1.54) is 4.31 Å². The number of carboxylic acids is 1. The van der Waals surface area contributed by atoms with E-state index in [4.69, 9.17) is 5.11 Å². The van der Waals surface area contributed by atoms with Gasteiger partial charge in [0.05, 0.1) is 5.92 Å². The number of rotatable bonds is 4. The molecule has 2 N–H and O–H groups in total. The fourth-order valence-electron chi connectivity index (χ4n) is 1.73. The van der Waals surface area contributed by atoms with Gasteiger partial charge in [-0.2, -0.15) is 17.4 Å². The van der Waals surface area contributed by atoms with Crippen LogP contribution >= 0.6 is 0 Å². The van der Waals surface area contributed by atoms with Crippen LogP contribution in [-0.4, -0.2) is 42.9 Å². The highest BCUT2D eigenvalue weighted by Crippen LogP contribution is 2.18. The van der Waals surface area contributed by atoms with Gasteiger partial charge in [0.15, 0.2) is 0 Å². The Bertz CT molecular complexity index is 353. The Labute approximate surface area is 95.8 Å². The Hall–Kier alpha value is -0.660. The summed E-state index contributed by atoms with van der Waals surface area (Å²) in [5.41, 5.74) is 0. The third-order valence-electron chi connectivity index (χ3n) is 2.46. The monoisotopic (exact) mass is 250 g/mol. The Morgan fingerprint density at radius 1 is 1.50 bits per heavy atom. The fourth-order valence-corrected chi connectivity index (χ4v) is 3.23. The summed E-state index contributed by atoms with van der Waals surface area (Å²) in [5.74, 6) is -1.51. The molecule has 16 heavy (non-hydrogen) atoms. The number of hydrogen-bond acceptors (Lipinski definition) is 3. The van der Waals surface area contributed by atoms with E-state index in [0.29, 0.717) is 19.4 Å². The van der Waals surface area contributed by atoms with Gasteiger partial charge in [0.2, 0.25) is 0 Å². The SMILES string of the molecule is CC(C)NS(=O)(=O)N1CCC[C@@H](C(=O)O)C1. The van der Waals surface area contributed by atoms with Crippen LogP contribution < -0.4 is 4.72 Å². The normalized spacial score (nSPS) is 23.6. The number of piperidine rings is 1. The lowest BCUT2D eigenvalue weighted by molar-refractivity contribution is -0.142. The molecule has 0 aromatic heterocycles. The fraction of sp³-hybridized carbons (Fsp3) is 0.889. The molecule has 1 rings (SSSR count). The topological polar surface area (TPSA) is 86.7 Å². The zero-order chi connectivity index (χ0) is 12.3. The number of aliphatic carboxylic acids is 1. The van der Waals surface area contributed by atoms with Crippen LogP contribution in [0.4, 0.5) is 0 Å². The Kier molecular flexibility index (Phi) is 4.28. The van der Waals surface area contributed by atoms with Crippen molar-refractivity contribution in [2.24, 2.45) is 5.92 Å². The van der Waals surface area contributed by atoms with Gasteiger partial charge >= 0.3 is 5.97 Å². The first-order valence-corrected chi connectivity index (χ1v) is 6.77. The van der Waals surface area contributed by atoms with E-state index in [1.807, 2.05) is 0 Å². The van der Waals surface area contributed by atoms with E-state index >= 15 is 0 Å². The molecule has 0 aliphatic carbocycles. The van der Waals surface area contributed by atoms with Gasteiger partial charge in [-0.05, 0) is 26.7 Å². The van der Waals surface area contributed by atoms with Gasteiger partial charge < -0.3 is 5.11 Å². The van der Waals surface area contributed by atoms with Crippen molar-refractivity contribution in [3.05, 3.63) is 0 Å².